The Hall–Kier alpha value is -6.48. The van der Waals surface area contributed by atoms with E-state index in [-0.39, 0.29) is 0 Å². The lowest BCUT2D eigenvalue weighted by molar-refractivity contribution is 1.29. The van der Waals surface area contributed by atoms with Crippen LogP contribution >= 0.6 is 11.3 Å². The van der Waals surface area contributed by atoms with Crippen molar-refractivity contribution >= 4 is 70.1 Å². The number of hydrogen-bond acceptors (Lipinski definition) is 2. The van der Waals surface area contributed by atoms with Crippen molar-refractivity contribution in [3.63, 3.8) is 0 Å². The van der Waals surface area contributed by atoms with Crippen molar-refractivity contribution in [1.29, 1.82) is 0 Å². The molecule has 0 aliphatic rings. The molecule has 2 heteroatoms. The molecule has 244 valence electrons. The van der Waals surface area contributed by atoms with E-state index in [4.69, 9.17) is 0 Å². The summed E-state index contributed by atoms with van der Waals surface area (Å²) in [5.41, 5.74) is 10.6. The lowest BCUT2D eigenvalue weighted by Crippen LogP contribution is -2.09. The molecule has 0 radical (unpaired) electrons. The molecule has 1 aromatic heterocycles. The Labute approximate surface area is 307 Å². The van der Waals surface area contributed by atoms with Crippen LogP contribution in [0.4, 0.5) is 17.1 Å². The molecule has 1 heterocycles. The highest BCUT2D eigenvalue weighted by Gasteiger charge is 2.16. The molecule has 0 bridgehead atoms. The first-order valence-electron chi connectivity index (χ1n) is 17.8. The van der Waals surface area contributed by atoms with E-state index in [0.29, 0.717) is 0 Å². The van der Waals surface area contributed by atoms with Gasteiger partial charge in [0, 0.05) is 42.6 Å². The third kappa shape index (κ3) is 5.33. The van der Waals surface area contributed by atoms with E-state index in [1.165, 1.54) is 75.1 Å². The molecule has 10 aromatic rings. The maximum absolute atomic E-state index is 2.38. The average molecular weight is 680 g/mol. The second-order valence-electron chi connectivity index (χ2n) is 13.4. The molecule has 0 aliphatic heterocycles. The molecule has 0 unspecified atom stereocenters. The van der Waals surface area contributed by atoms with E-state index in [2.05, 4.69) is 205 Å². The molecule has 0 amide bonds. The summed E-state index contributed by atoms with van der Waals surface area (Å²) in [5.74, 6) is 0. The highest BCUT2D eigenvalue weighted by molar-refractivity contribution is 7.26. The van der Waals surface area contributed by atoms with Gasteiger partial charge in [-0.15, -0.1) is 11.3 Å². The zero-order chi connectivity index (χ0) is 34.4. The molecule has 0 saturated carbocycles. The number of fused-ring (bicyclic) bond motifs is 7. The first-order chi connectivity index (χ1) is 25.8. The average Bonchev–Trinajstić information content (AvgIpc) is 3.61. The van der Waals surface area contributed by atoms with E-state index >= 15 is 0 Å². The van der Waals surface area contributed by atoms with E-state index in [0.717, 1.165) is 17.1 Å². The first kappa shape index (κ1) is 30.4. The van der Waals surface area contributed by atoms with Crippen LogP contribution in [0.25, 0.3) is 75.1 Å². The maximum Gasteiger partial charge on any atom is 0.0468 e. The van der Waals surface area contributed by atoms with Gasteiger partial charge in [-0.2, -0.15) is 0 Å². The standard InChI is InChI=1S/C50H33NS/c1-3-10-34(11-4-1)36-20-25-42(26-21-36)51(43-27-22-37(23-28-43)40-15-9-14-39(32-40)35-12-5-2-6-13-35)44-29-31-45-41(33-44)19-18-38-24-30-47-46-16-7-8-17-48(46)52-50(47)49(38)45/h1-33H. The largest absolute Gasteiger partial charge is 0.310 e. The van der Waals surface area contributed by atoms with Crippen molar-refractivity contribution in [2.45, 2.75) is 0 Å². The smallest absolute Gasteiger partial charge is 0.0468 e. The maximum atomic E-state index is 2.38. The molecule has 9 aromatic carbocycles. The molecule has 0 aliphatic carbocycles. The summed E-state index contributed by atoms with van der Waals surface area (Å²) in [4.78, 5) is 2.38. The van der Waals surface area contributed by atoms with Crippen molar-refractivity contribution in [3.05, 3.63) is 200 Å². The second-order valence-corrected chi connectivity index (χ2v) is 14.4. The SMILES string of the molecule is c1ccc(-c2ccc(N(c3ccc(-c4cccc(-c5ccccc5)c4)cc3)c3ccc4c(ccc5ccc6c7ccccc7sc6c54)c3)cc2)cc1. The van der Waals surface area contributed by atoms with E-state index in [1.807, 2.05) is 11.3 Å². The van der Waals surface area contributed by atoms with Crippen LogP contribution in [-0.4, -0.2) is 0 Å². The van der Waals surface area contributed by atoms with E-state index in [9.17, 15) is 0 Å². The molecule has 10 rings (SSSR count). The van der Waals surface area contributed by atoms with Gasteiger partial charge in [0.25, 0.3) is 0 Å². The Morgan fingerprint density at radius 2 is 0.808 bits per heavy atom. The van der Waals surface area contributed by atoms with Gasteiger partial charge >= 0.3 is 0 Å². The lowest BCUT2D eigenvalue weighted by Gasteiger charge is -2.26. The molecular weight excluding hydrogens is 647 g/mol. The van der Waals surface area contributed by atoms with Gasteiger partial charge in [0.1, 0.15) is 0 Å². The van der Waals surface area contributed by atoms with Gasteiger partial charge in [-0.1, -0.05) is 152 Å². The fourth-order valence-electron chi connectivity index (χ4n) is 7.65. The predicted molar refractivity (Wildman–Crippen MR) is 225 cm³/mol. The Kier molecular flexibility index (Phi) is 7.41. The van der Waals surface area contributed by atoms with Crippen molar-refractivity contribution < 1.29 is 0 Å². The Morgan fingerprint density at radius 3 is 1.50 bits per heavy atom. The molecule has 0 spiro atoms. The van der Waals surface area contributed by atoms with Crippen LogP contribution in [0.3, 0.4) is 0 Å². The summed E-state index contributed by atoms with van der Waals surface area (Å²) in [6.07, 6.45) is 0. The van der Waals surface area contributed by atoms with Gasteiger partial charge in [0.2, 0.25) is 0 Å². The molecule has 0 saturated heterocycles. The van der Waals surface area contributed by atoms with E-state index in [1.54, 1.807) is 0 Å². The van der Waals surface area contributed by atoms with Crippen LogP contribution in [0.2, 0.25) is 0 Å². The van der Waals surface area contributed by atoms with Crippen molar-refractivity contribution in [2.75, 3.05) is 4.90 Å². The highest BCUT2D eigenvalue weighted by Crippen LogP contribution is 2.43. The summed E-state index contributed by atoms with van der Waals surface area (Å²) in [7, 11) is 0. The Balaban J connectivity index is 1.09. The van der Waals surface area contributed by atoms with Crippen LogP contribution in [-0.2, 0) is 0 Å². The Bertz CT molecular complexity index is 2870. The minimum Gasteiger partial charge on any atom is -0.310 e. The normalized spacial score (nSPS) is 11.5. The summed E-state index contributed by atoms with van der Waals surface area (Å²) < 4.78 is 2.69. The molecule has 0 atom stereocenters. The monoisotopic (exact) mass is 679 g/mol. The third-order valence-electron chi connectivity index (χ3n) is 10.2. The zero-order valence-electron chi connectivity index (χ0n) is 28.4. The van der Waals surface area contributed by atoms with Crippen LogP contribution in [0, 0.1) is 0 Å². The number of rotatable bonds is 6. The molecular formula is C50H33NS. The van der Waals surface area contributed by atoms with Crippen molar-refractivity contribution in [2.24, 2.45) is 0 Å². The van der Waals surface area contributed by atoms with E-state index < -0.39 is 0 Å². The topological polar surface area (TPSA) is 3.24 Å². The fraction of sp³-hybridized carbons (Fsp3) is 0. The van der Waals surface area contributed by atoms with Crippen LogP contribution < -0.4 is 4.90 Å². The van der Waals surface area contributed by atoms with Gasteiger partial charge < -0.3 is 4.90 Å². The quantitative estimate of drug-likeness (QED) is 0.158. The summed E-state index contributed by atoms with van der Waals surface area (Å²) in [5, 5.41) is 7.79. The summed E-state index contributed by atoms with van der Waals surface area (Å²) in [6.45, 7) is 0. The minimum absolute atomic E-state index is 1.11. The molecule has 1 nitrogen and oxygen atoms in total. The van der Waals surface area contributed by atoms with Crippen LogP contribution in [0.1, 0.15) is 0 Å². The van der Waals surface area contributed by atoms with Crippen molar-refractivity contribution in [1.82, 2.24) is 0 Å². The zero-order valence-corrected chi connectivity index (χ0v) is 29.2. The number of thiophene rings is 1. The predicted octanol–water partition coefficient (Wildman–Crippen LogP) is 14.8. The lowest BCUT2D eigenvalue weighted by atomic mass is 9.98. The van der Waals surface area contributed by atoms with Crippen molar-refractivity contribution in [3.8, 4) is 33.4 Å². The number of nitrogens with zero attached hydrogens (tertiary/aromatic N) is 1. The van der Waals surface area contributed by atoms with Crippen LogP contribution in [0.15, 0.2) is 200 Å². The van der Waals surface area contributed by atoms with Gasteiger partial charge in [0.15, 0.2) is 0 Å². The first-order valence-corrected chi connectivity index (χ1v) is 18.6. The number of anilines is 3. The molecule has 0 fully saturated rings. The van der Waals surface area contributed by atoms with Gasteiger partial charge in [-0.25, -0.2) is 0 Å². The second kappa shape index (κ2) is 12.7. The Morgan fingerprint density at radius 1 is 0.308 bits per heavy atom. The van der Waals surface area contributed by atoms with Gasteiger partial charge in [0.05, 0.1) is 0 Å². The van der Waals surface area contributed by atoms with Crippen LogP contribution in [0.5, 0.6) is 0 Å². The fourth-order valence-corrected chi connectivity index (χ4v) is 8.92. The number of benzene rings is 9. The van der Waals surface area contributed by atoms with Gasteiger partial charge in [-0.3, -0.25) is 0 Å². The number of hydrogen-bond donors (Lipinski definition) is 0. The highest BCUT2D eigenvalue weighted by atomic mass is 32.1. The third-order valence-corrected chi connectivity index (χ3v) is 11.4. The summed E-state index contributed by atoms with van der Waals surface area (Å²) in [6, 6.07) is 72.8. The summed E-state index contributed by atoms with van der Waals surface area (Å²) >= 11 is 1.90. The van der Waals surface area contributed by atoms with Gasteiger partial charge in [-0.05, 0) is 98.1 Å². The molecule has 52 heavy (non-hydrogen) atoms. The minimum atomic E-state index is 1.11. The molecule has 0 N–H and O–H groups in total.